The second-order valence-electron chi connectivity index (χ2n) is 5.11. The van der Waals surface area contributed by atoms with Gasteiger partial charge in [-0.3, -0.25) is 0 Å². The molecule has 0 aliphatic heterocycles. The summed E-state index contributed by atoms with van der Waals surface area (Å²) in [6, 6.07) is 0.603. The first-order valence-electron chi connectivity index (χ1n) is 6.65. The van der Waals surface area contributed by atoms with E-state index in [9.17, 15) is 0 Å². The molecule has 1 heteroatoms. The Balaban J connectivity index is 2.37. The largest absolute Gasteiger partial charge is 0.311 e. The summed E-state index contributed by atoms with van der Waals surface area (Å²) < 4.78 is 0. The standard InChI is InChI=1S/C14H27N/c1-4-13(11-15-12(2)3)10-14-8-6-5-7-9-14/h10,12,14-15H,4-9,11H2,1-3H3. The molecular weight excluding hydrogens is 182 g/mol. The van der Waals surface area contributed by atoms with E-state index in [1.807, 2.05) is 0 Å². The highest BCUT2D eigenvalue weighted by Crippen LogP contribution is 2.25. The molecule has 0 aromatic carbocycles. The second-order valence-corrected chi connectivity index (χ2v) is 5.11. The zero-order chi connectivity index (χ0) is 11.1. The van der Waals surface area contributed by atoms with Gasteiger partial charge in [-0.05, 0) is 25.2 Å². The Morgan fingerprint density at radius 2 is 1.93 bits per heavy atom. The Kier molecular flexibility index (Phi) is 6.00. The third kappa shape index (κ3) is 5.36. The fourth-order valence-electron chi connectivity index (χ4n) is 2.27. The molecule has 88 valence electrons. The van der Waals surface area contributed by atoms with Crippen LogP contribution in [0, 0.1) is 5.92 Å². The first-order chi connectivity index (χ1) is 7.22. The molecular formula is C14H27N. The van der Waals surface area contributed by atoms with Crippen molar-refractivity contribution < 1.29 is 0 Å². The Morgan fingerprint density at radius 1 is 1.27 bits per heavy atom. The van der Waals surface area contributed by atoms with Crippen LogP contribution in [0.1, 0.15) is 59.3 Å². The zero-order valence-electron chi connectivity index (χ0n) is 10.7. The van der Waals surface area contributed by atoms with Crippen LogP contribution >= 0.6 is 0 Å². The molecule has 1 fully saturated rings. The molecule has 0 saturated heterocycles. The van der Waals surface area contributed by atoms with Gasteiger partial charge in [0.1, 0.15) is 0 Å². The van der Waals surface area contributed by atoms with Gasteiger partial charge in [0.25, 0.3) is 0 Å². The Morgan fingerprint density at radius 3 is 2.47 bits per heavy atom. The van der Waals surface area contributed by atoms with E-state index in [4.69, 9.17) is 0 Å². The lowest BCUT2D eigenvalue weighted by Crippen LogP contribution is -2.25. The van der Waals surface area contributed by atoms with Crippen molar-refractivity contribution in [1.29, 1.82) is 0 Å². The fourth-order valence-corrected chi connectivity index (χ4v) is 2.27. The molecule has 1 aliphatic rings. The molecule has 0 unspecified atom stereocenters. The molecule has 0 heterocycles. The third-order valence-electron chi connectivity index (χ3n) is 3.31. The lowest BCUT2D eigenvalue weighted by atomic mass is 9.87. The summed E-state index contributed by atoms with van der Waals surface area (Å²) in [4.78, 5) is 0. The Labute approximate surface area is 95.3 Å². The van der Waals surface area contributed by atoms with Gasteiger partial charge in [-0.15, -0.1) is 0 Å². The molecule has 0 bridgehead atoms. The molecule has 15 heavy (non-hydrogen) atoms. The minimum absolute atomic E-state index is 0.603. The van der Waals surface area contributed by atoms with Crippen molar-refractivity contribution in [3.63, 3.8) is 0 Å². The van der Waals surface area contributed by atoms with Gasteiger partial charge in [0.15, 0.2) is 0 Å². The summed E-state index contributed by atoms with van der Waals surface area (Å²) in [6.45, 7) is 7.79. The SMILES string of the molecule is CCC(=CC1CCCCC1)CNC(C)C. The van der Waals surface area contributed by atoms with Crippen LogP contribution in [-0.2, 0) is 0 Å². The van der Waals surface area contributed by atoms with Gasteiger partial charge in [0.2, 0.25) is 0 Å². The van der Waals surface area contributed by atoms with Crippen molar-refractivity contribution >= 4 is 0 Å². The Hall–Kier alpha value is -0.300. The van der Waals surface area contributed by atoms with Gasteiger partial charge < -0.3 is 5.32 Å². The third-order valence-corrected chi connectivity index (χ3v) is 3.31. The van der Waals surface area contributed by atoms with Crippen molar-refractivity contribution in [2.75, 3.05) is 6.54 Å². The monoisotopic (exact) mass is 209 g/mol. The predicted molar refractivity (Wildman–Crippen MR) is 68.1 cm³/mol. The molecule has 0 amide bonds. The highest BCUT2D eigenvalue weighted by atomic mass is 14.9. The average molecular weight is 209 g/mol. The first kappa shape index (κ1) is 12.8. The van der Waals surface area contributed by atoms with Crippen LogP contribution in [0.3, 0.4) is 0 Å². The summed E-state index contributed by atoms with van der Waals surface area (Å²) in [5.74, 6) is 0.877. The lowest BCUT2D eigenvalue weighted by Gasteiger charge is -2.20. The number of rotatable bonds is 5. The molecule has 0 aromatic heterocycles. The highest BCUT2D eigenvalue weighted by Gasteiger charge is 2.11. The van der Waals surface area contributed by atoms with Crippen LogP contribution in [-0.4, -0.2) is 12.6 Å². The van der Waals surface area contributed by atoms with Gasteiger partial charge in [-0.25, -0.2) is 0 Å². The van der Waals surface area contributed by atoms with E-state index in [1.165, 1.54) is 38.5 Å². The first-order valence-corrected chi connectivity index (χ1v) is 6.65. The van der Waals surface area contributed by atoms with Gasteiger partial charge in [0.05, 0.1) is 0 Å². The maximum Gasteiger partial charge on any atom is 0.0166 e. The van der Waals surface area contributed by atoms with Crippen molar-refractivity contribution in [3.05, 3.63) is 11.6 Å². The van der Waals surface area contributed by atoms with Crippen LogP contribution in [0.2, 0.25) is 0 Å². The molecule has 1 N–H and O–H groups in total. The smallest absolute Gasteiger partial charge is 0.0166 e. The van der Waals surface area contributed by atoms with Crippen LogP contribution in [0.4, 0.5) is 0 Å². The maximum absolute atomic E-state index is 3.52. The minimum Gasteiger partial charge on any atom is -0.311 e. The number of hydrogen-bond acceptors (Lipinski definition) is 1. The van der Waals surface area contributed by atoms with Crippen LogP contribution in [0.15, 0.2) is 11.6 Å². The summed E-state index contributed by atoms with van der Waals surface area (Å²) in [5, 5.41) is 3.52. The summed E-state index contributed by atoms with van der Waals surface area (Å²) in [6.07, 6.45) is 10.9. The molecule has 0 spiro atoms. The molecule has 0 aromatic rings. The molecule has 1 aliphatic carbocycles. The predicted octanol–water partition coefficient (Wildman–Crippen LogP) is 3.90. The van der Waals surface area contributed by atoms with E-state index in [0.717, 1.165) is 12.5 Å². The van der Waals surface area contributed by atoms with E-state index in [2.05, 4.69) is 32.2 Å². The number of hydrogen-bond donors (Lipinski definition) is 1. The van der Waals surface area contributed by atoms with Crippen molar-refractivity contribution in [2.24, 2.45) is 5.92 Å². The minimum atomic E-state index is 0.603. The van der Waals surface area contributed by atoms with E-state index in [-0.39, 0.29) is 0 Å². The summed E-state index contributed by atoms with van der Waals surface area (Å²) >= 11 is 0. The summed E-state index contributed by atoms with van der Waals surface area (Å²) in [5.41, 5.74) is 1.61. The molecule has 0 radical (unpaired) electrons. The number of nitrogens with one attached hydrogen (secondary N) is 1. The van der Waals surface area contributed by atoms with Gasteiger partial charge in [0, 0.05) is 12.6 Å². The normalized spacial score (nSPS) is 19.9. The highest BCUT2D eigenvalue weighted by molar-refractivity contribution is 5.06. The van der Waals surface area contributed by atoms with Crippen molar-refractivity contribution in [3.8, 4) is 0 Å². The van der Waals surface area contributed by atoms with Crippen molar-refractivity contribution in [2.45, 2.75) is 65.3 Å². The summed E-state index contributed by atoms with van der Waals surface area (Å²) in [7, 11) is 0. The van der Waals surface area contributed by atoms with Gasteiger partial charge >= 0.3 is 0 Å². The zero-order valence-corrected chi connectivity index (χ0v) is 10.7. The fraction of sp³-hybridized carbons (Fsp3) is 0.857. The van der Waals surface area contributed by atoms with Crippen LogP contribution in [0.25, 0.3) is 0 Å². The van der Waals surface area contributed by atoms with Gasteiger partial charge in [-0.1, -0.05) is 51.7 Å². The number of allylic oxidation sites excluding steroid dienone is 1. The van der Waals surface area contributed by atoms with E-state index in [0.29, 0.717) is 6.04 Å². The second kappa shape index (κ2) is 7.05. The average Bonchev–Trinajstić information content (AvgIpc) is 2.25. The topological polar surface area (TPSA) is 12.0 Å². The van der Waals surface area contributed by atoms with Crippen LogP contribution in [0.5, 0.6) is 0 Å². The molecule has 0 atom stereocenters. The van der Waals surface area contributed by atoms with Gasteiger partial charge in [-0.2, -0.15) is 0 Å². The van der Waals surface area contributed by atoms with E-state index >= 15 is 0 Å². The van der Waals surface area contributed by atoms with Crippen LogP contribution < -0.4 is 5.32 Å². The molecule has 1 rings (SSSR count). The van der Waals surface area contributed by atoms with E-state index < -0.39 is 0 Å². The molecule has 1 nitrogen and oxygen atoms in total. The Bertz CT molecular complexity index is 188. The molecule has 1 saturated carbocycles. The quantitative estimate of drug-likeness (QED) is 0.677. The van der Waals surface area contributed by atoms with E-state index in [1.54, 1.807) is 5.57 Å². The lowest BCUT2D eigenvalue weighted by molar-refractivity contribution is 0.416. The van der Waals surface area contributed by atoms with Crippen molar-refractivity contribution in [1.82, 2.24) is 5.32 Å². The maximum atomic E-state index is 3.52.